The second kappa shape index (κ2) is 9.15. The van der Waals surface area contributed by atoms with Gasteiger partial charge in [0.15, 0.2) is 11.5 Å². The zero-order chi connectivity index (χ0) is 20.9. The molecule has 0 atom stereocenters. The molecule has 2 aromatic carbocycles. The lowest BCUT2D eigenvalue weighted by atomic mass is 10.2. The number of para-hydroxylation sites is 2. The van der Waals surface area contributed by atoms with Gasteiger partial charge in [-0.25, -0.2) is 13.1 Å². The SMILES string of the molecule is COc1ccccc1OCCNC(=O)c1ccc(OC)c(S(=O)(=O)NC2CC2)c1. The van der Waals surface area contributed by atoms with E-state index < -0.39 is 15.9 Å². The molecule has 1 aliphatic rings. The molecule has 0 bridgehead atoms. The third-order valence-corrected chi connectivity index (χ3v) is 5.87. The Bertz CT molecular complexity index is 973. The highest BCUT2D eigenvalue weighted by Crippen LogP contribution is 2.28. The molecule has 0 unspecified atom stereocenters. The van der Waals surface area contributed by atoms with Gasteiger partial charge in [-0.05, 0) is 43.2 Å². The third-order valence-electron chi connectivity index (χ3n) is 4.33. The van der Waals surface area contributed by atoms with E-state index in [0.717, 1.165) is 12.8 Å². The van der Waals surface area contributed by atoms with Crippen LogP contribution in [0.2, 0.25) is 0 Å². The van der Waals surface area contributed by atoms with Crippen LogP contribution in [0.25, 0.3) is 0 Å². The maximum absolute atomic E-state index is 12.6. The molecule has 2 N–H and O–H groups in total. The summed E-state index contributed by atoms with van der Waals surface area (Å²) in [7, 11) is -0.816. The van der Waals surface area contributed by atoms with Gasteiger partial charge in [-0.15, -0.1) is 0 Å². The van der Waals surface area contributed by atoms with E-state index in [1.807, 2.05) is 12.1 Å². The molecule has 1 aliphatic carbocycles. The quantitative estimate of drug-likeness (QED) is 0.570. The lowest BCUT2D eigenvalue weighted by Crippen LogP contribution is -2.29. The maximum atomic E-state index is 12.6. The van der Waals surface area contributed by atoms with E-state index in [1.54, 1.807) is 19.2 Å². The molecule has 1 amide bonds. The molecule has 0 heterocycles. The highest BCUT2D eigenvalue weighted by atomic mass is 32.2. The largest absolute Gasteiger partial charge is 0.495 e. The highest BCUT2D eigenvalue weighted by Gasteiger charge is 2.30. The number of hydrogen-bond acceptors (Lipinski definition) is 6. The van der Waals surface area contributed by atoms with Crippen LogP contribution in [0.1, 0.15) is 23.2 Å². The summed E-state index contributed by atoms with van der Waals surface area (Å²) in [6, 6.07) is 11.5. The van der Waals surface area contributed by atoms with Gasteiger partial charge in [-0.1, -0.05) is 12.1 Å². The number of ether oxygens (including phenoxy) is 3. The molecule has 29 heavy (non-hydrogen) atoms. The number of sulfonamides is 1. The van der Waals surface area contributed by atoms with Crippen molar-refractivity contribution in [3.05, 3.63) is 48.0 Å². The Morgan fingerprint density at radius 1 is 1.03 bits per heavy atom. The van der Waals surface area contributed by atoms with Gasteiger partial charge < -0.3 is 19.5 Å². The van der Waals surface area contributed by atoms with Crippen LogP contribution in [0.3, 0.4) is 0 Å². The van der Waals surface area contributed by atoms with Gasteiger partial charge in [0.05, 0.1) is 20.8 Å². The molecule has 0 radical (unpaired) electrons. The van der Waals surface area contributed by atoms with Crippen molar-refractivity contribution in [3.63, 3.8) is 0 Å². The van der Waals surface area contributed by atoms with Crippen LogP contribution >= 0.6 is 0 Å². The summed E-state index contributed by atoms with van der Waals surface area (Å²) < 4.78 is 43.7. The second-order valence-corrected chi connectivity index (χ2v) is 8.20. The predicted molar refractivity (Wildman–Crippen MR) is 107 cm³/mol. The Morgan fingerprint density at radius 2 is 1.72 bits per heavy atom. The second-order valence-electron chi connectivity index (χ2n) is 6.52. The van der Waals surface area contributed by atoms with Gasteiger partial charge >= 0.3 is 0 Å². The number of rotatable bonds is 10. The number of carbonyl (C=O) groups is 1. The first-order valence-electron chi connectivity index (χ1n) is 9.19. The number of methoxy groups -OCH3 is 2. The summed E-state index contributed by atoms with van der Waals surface area (Å²) >= 11 is 0. The Hall–Kier alpha value is -2.78. The Labute approximate surface area is 170 Å². The lowest BCUT2D eigenvalue weighted by molar-refractivity contribution is 0.0946. The van der Waals surface area contributed by atoms with E-state index in [2.05, 4.69) is 10.0 Å². The molecule has 9 heteroatoms. The van der Waals surface area contributed by atoms with Gasteiger partial charge in [0.25, 0.3) is 5.91 Å². The fourth-order valence-electron chi connectivity index (χ4n) is 2.68. The summed E-state index contributed by atoms with van der Waals surface area (Å²) in [6.45, 7) is 0.474. The predicted octanol–water partition coefficient (Wildman–Crippen LogP) is 1.95. The molecule has 3 rings (SSSR count). The van der Waals surface area contributed by atoms with Gasteiger partial charge in [0, 0.05) is 11.6 Å². The Morgan fingerprint density at radius 3 is 2.38 bits per heavy atom. The number of amides is 1. The smallest absolute Gasteiger partial charge is 0.251 e. The van der Waals surface area contributed by atoms with Crippen LogP contribution in [0, 0.1) is 0 Å². The minimum atomic E-state index is -3.76. The summed E-state index contributed by atoms with van der Waals surface area (Å²) in [4.78, 5) is 12.4. The summed E-state index contributed by atoms with van der Waals surface area (Å²) in [5, 5.41) is 2.72. The molecule has 0 aromatic heterocycles. The first kappa shape index (κ1) is 20.9. The Balaban J connectivity index is 1.62. The van der Waals surface area contributed by atoms with Crippen molar-refractivity contribution in [2.24, 2.45) is 0 Å². The maximum Gasteiger partial charge on any atom is 0.251 e. The van der Waals surface area contributed by atoms with Crippen LogP contribution in [0.15, 0.2) is 47.4 Å². The van der Waals surface area contributed by atoms with Gasteiger partial charge in [-0.3, -0.25) is 4.79 Å². The normalized spacial score (nSPS) is 13.6. The standard InChI is InChI=1S/C20H24N2O6S/c1-26-16-5-3-4-6-17(16)28-12-11-21-20(23)14-7-10-18(27-2)19(13-14)29(24,25)22-15-8-9-15/h3-7,10,13,15,22H,8-9,11-12H2,1-2H3,(H,21,23). The average Bonchev–Trinajstić information content (AvgIpc) is 3.54. The minimum Gasteiger partial charge on any atom is -0.495 e. The van der Waals surface area contributed by atoms with E-state index in [4.69, 9.17) is 14.2 Å². The van der Waals surface area contributed by atoms with E-state index >= 15 is 0 Å². The van der Waals surface area contributed by atoms with Gasteiger partial charge in [0.2, 0.25) is 10.0 Å². The van der Waals surface area contributed by atoms with Crippen molar-refractivity contribution >= 4 is 15.9 Å². The summed E-state index contributed by atoms with van der Waals surface area (Å²) in [5.41, 5.74) is 0.222. The van der Waals surface area contributed by atoms with Crippen LogP contribution in [-0.2, 0) is 10.0 Å². The molecule has 0 aliphatic heterocycles. The first-order valence-corrected chi connectivity index (χ1v) is 10.7. The molecule has 8 nitrogen and oxygen atoms in total. The number of nitrogens with one attached hydrogen (secondary N) is 2. The molecule has 156 valence electrons. The first-order chi connectivity index (χ1) is 13.9. The number of benzene rings is 2. The number of hydrogen-bond donors (Lipinski definition) is 2. The summed E-state index contributed by atoms with van der Waals surface area (Å²) in [5.74, 6) is 0.966. The molecule has 1 saturated carbocycles. The molecular weight excluding hydrogens is 396 g/mol. The zero-order valence-electron chi connectivity index (χ0n) is 16.3. The van der Waals surface area contributed by atoms with E-state index in [1.165, 1.54) is 25.3 Å². The third kappa shape index (κ3) is 5.39. The van der Waals surface area contributed by atoms with Gasteiger partial charge in [-0.2, -0.15) is 0 Å². The van der Waals surface area contributed by atoms with E-state index in [9.17, 15) is 13.2 Å². The summed E-state index contributed by atoms with van der Waals surface area (Å²) in [6.07, 6.45) is 1.63. The molecule has 2 aromatic rings. The van der Waals surface area contributed by atoms with Crippen LogP contribution < -0.4 is 24.2 Å². The number of carbonyl (C=O) groups excluding carboxylic acids is 1. The highest BCUT2D eigenvalue weighted by molar-refractivity contribution is 7.89. The van der Waals surface area contributed by atoms with Crippen LogP contribution in [0.4, 0.5) is 0 Å². The van der Waals surface area contributed by atoms with Crippen LogP contribution in [0.5, 0.6) is 17.2 Å². The van der Waals surface area contributed by atoms with Crippen molar-refractivity contribution in [1.82, 2.24) is 10.0 Å². The Kier molecular flexibility index (Phi) is 6.60. The zero-order valence-corrected chi connectivity index (χ0v) is 17.1. The van der Waals surface area contributed by atoms with E-state index in [-0.39, 0.29) is 35.4 Å². The molecular formula is C20H24N2O6S. The topological polar surface area (TPSA) is 103 Å². The monoisotopic (exact) mass is 420 g/mol. The van der Waals surface area contributed by atoms with Crippen molar-refractivity contribution in [2.45, 2.75) is 23.8 Å². The minimum absolute atomic E-state index is 0.0469. The average molecular weight is 420 g/mol. The molecule has 1 fully saturated rings. The van der Waals surface area contributed by atoms with Crippen LogP contribution in [-0.4, -0.2) is 47.7 Å². The molecule has 0 saturated heterocycles. The van der Waals surface area contributed by atoms with E-state index in [0.29, 0.717) is 11.5 Å². The lowest BCUT2D eigenvalue weighted by Gasteiger charge is -2.13. The fourth-order valence-corrected chi connectivity index (χ4v) is 4.18. The fraction of sp³-hybridized carbons (Fsp3) is 0.350. The van der Waals surface area contributed by atoms with Crippen molar-refractivity contribution in [2.75, 3.05) is 27.4 Å². The molecule has 0 spiro atoms. The van der Waals surface area contributed by atoms with Crippen molar-refractivity contribution in [3.8, 4) is 17.2 Å². The van der Waals surface area contributed by atoms with Crippen molar-refractivity contribution < 1.29 is 27.4 Å². The van der Waals surface area contributed by atoms with Crippen molar-refractivity contribution in [1.29, 1.82) is 0 Å². The van der Waals surface area contributed by atoms with Gasteiger partial charge in [0.1, 0.15) is 17.3 Å².